The Hall–Kier alpha value is -0.800. The van der Waals surface area contributed by atoms with Gasteiger partial charge in [-0.3, -0.25) is 0 Å². The SMILES string of the molecule is CCCOC1CCCN(c2c(F)cccc2CCl)C1. The summed E-state index contributed by atoms with van der Waals surface area (Å²) in [5.41, 5.74) is 1.51. The number of alkyl halides is 1. The Labute approximate surface area is 119 Å². The summed E-state index contributed by atoms with van der Waals surface area (Å²) in [5.74, 6) is 0.152. The smallest absolute Gasteiger partial charge is 0.146 e. The van der Waals surface area contributed by atoms with Crippen molar-refractivity contribution in [3.8, 4) is 0 Å². The van der Waals surface area contributed by atoms with E-state index in [1.54, 1.807) is 6.07 Å². The van der Waals surface area contributed by atoms with Gasteiger partial charge >= 0.3 is 0 Å². The van der Waals surface area contributed by atoms with Crippen molar-refractivity contribution in [2.75, 3.05) is 24.6 Å². The molecule has 19 heavy (non-hydrogen) atoms. The van der Waals surface area contributed by atoms with Crippen molar-refractivity contribution >= 4 is 17.3 Å². The van der Waals surface area contributed by atoms with E-state index in [1.807, 2.05) is 6.07 Å². The van der Waals surface area contributed by atoms with Crippen LogP contribution in [0.25, 0.3) is 0 Å². The van der Waals surface area contributed by atoms with E-state index < -0.39 is 0 Å². The normalized spacial score (nSPS) is 19.7. The summed E-state index contributed by atoms with van der Waals surface area (Å²) in [5, 5.41) is 0. The highest BCUT2D eigenvalue weighted by atomic mass is 35.5. The highest BCUT2D eigenvalue weighted by Gasteiger charge is 2.24. The standard InChI is InChI=1S/C15H21ClFNO/c1-2-9-19-13-6-4-8-18(11-13)15-12(10-16)5-3-7-14(15)17/h3,5,7,13H,2,4,6,8-11H2,1H3. The fraction of sp³-hybridized carbons (Fsp3) is 0.600. The molecular formula is C15H21ClFNO. The second-order valence-electron chi connectivity index (χ2n) is 4.96. The molecule has 0 N–H and O–H groups in total. The Kier molecular flexibility index (Phi) is 5.46. The number of hydrogen-bond acceptors (Lipinski definition) is 2. The van der Waals surface area contributed by atoms with Crippen LogP contribution in [0.4, 0.5) is 10.1 Å². The Morgan fingerprint density at radius 3 is 3.05 bits per heavy atom. The number of halogens is 2. The number of ether oxygens (including phenoxy) is 1. The van der Waals surface area contributed by atoms with Crippen LogP contribution in [0.1, 0.15) is 31.7 Å². The van der Waals surface area contributed by atoms with E-state index in [4.69, 9.17) is 16.3 Å². The second-order valence-corrected chi connectivity index (χ2v) is 5.23. The first-order valence-electron chi connectivity index (χ1n) is 6.96. The molecule has 1 fully saturated rings. The summed E-state index contributed by atoms with van der Waals surface area (Å²) in [7, 11) is 0. The first-order chi connectivity index (χ1) is 9.26. The van der Waals surface area contributed by atoms with Gasteiger partial charge < -0.3 is 9.64 Å². The first-order valence-corrected chi connectivity index (χ1v) is 7.49. The van der Waals surface area contributed by atoms with Crippen molar-refractivity contribution < 1.29 is 9.13 Å². The first kappa shape index (κ1) is 14.6. The highest BCUT2D eigenvalue weighted by molar-refractivity contribution is 6.17. The number of hydrogen-bond donors (Lipinski definition) is 0. The number of anilines is 1. The maximum Gasteiger partial charge on any atom is 0.146 e. The van der Waals surface area contributed by atoms with E-state index in [9.17, 15) is 4.39 Å². The van der Waals surface area contributed by atoms with Crippen molar-refractivity contribution in [3.05, 3.63) is 29.6 Å². The summed E-state index contributed by atoms with van der Waals surface area (Å²) in [6.07, 6.45) is 3.31. The van der Waals surface area contributed by atoms with Crippen molar-refractivity contribution in [2.24, 2.45) is 0 Å². The van der Waals surface area contributed by atoms with E-state index in [2.05, 4.69) is 11.8 Å². The van der Waals surface area contributed by atoms with Gasteiger partial charge in [-0.2, -0.15) is 0 Å². The molecule has 0 aromatic heterocycles. The molecule has 0 amide bonds. The predicted molar refractivity (Wildman–Crippen MR) is 77.4 cm³/mol. The number of rotatable bonds is 5. The van der Waals surface area contributed by atoms with Crippen LogP contribution < -0.4 is 4.90 Å². The Morgan fingerprint density at radius 2 is 2.32 bits per heavy atom. The maximum atomic E-state index is 14.1. The summed E-state index contributed by atoms with van der Waals surface area (Å²) < 4.78 is 19.9. The van der Waals surface area contributed by atoms with Crippen molar-refractivity contribution in [2.45, 2.75) is 38.2 Å². The zero-order chi connectivity index (χ0) is 13.7. The lowest BCUT2D eigenvalue weighted by molar-refractivity contribution is 0.0439. The Morgan fingerprint density at radius 1 is 1.47 bits per heavy atom. The zero-order valence-electron chi connectivity index (χ0n) is 11.4. The van der Waals surface area contributed by atoms with Gasteiger partial charge in [0.25, 0.3) is 0 Å². The molecule has 0 spiro atoms. The van der Waals surface area contributed by atoms with Crippen LogP contribution in [-0.2, 0) is 10.6 Å². The molecule has 0 saturated carbocycles. The molecule has 0 bridgehead atoms. The van der Waals surface area contributed by atoms with Crippen LogP contribution in [0.3, 0.4) is 0 Å². The molecule has 2 nitrogen and oxygen atoms in total. The average Bonchev–Trinajstić information content (AvgIpc) is 2.45. The van der Waals surface area contributed by atoms with Crippen molar-refractivity contribution in [1.29, 1.82) is 0 Å². The van der Waals surface area contributed by atoms with E-state index in [0.717, 1.165) is 44.5 Å². The molecule has 0 radical (unpaired) electrons. The van der Waals surface area contributed by atoms with Gasteiger partial charge in [-0.05, 0) is 30.9 Å². The van der Waals surface area contributed by atoms with Crippen LogP contribution >= 0.6 is 11.6 Å². The van der Waals surface area contributed by atoms with E-state index >= 15 is 0 Å². The lowest BCUT2D eigenvalue weighted by atomic mass is 10.1. The monoisotopic (exact) mass is 285 g/mol. The van der Waals surface area contributed by atoms with Crippen LogP contribution in [0.2, 0.25) is 0 Å². The lowest BCUT2D eigenvalue weighted by Gasteiger charge is -2.35. The number of para-hydroxylation sites is 1. The topological polar surface area (TPSA) is 12.5 Å². The van der Waals surface area contributed by atoms with Crippen LogP contribution in [-0.4, -0.2) is 25.8 Å². The molecule has 2 rings (SSSR count). The van der Waals surface area contributed by atoms with Gasteiger partial charge in [0.1, 0.15) is 5.82 Å². The molecule has 4 heteroatoms. The minimum Gasteiger partial charge on any atom is -0.376 e. The van der Waals surface area contributed by atoms with Crippen LogP contribution in [0.5, 0.6) is 0 Å². The fourth-order valence-corrected chi connectivity index (χ4v) is 2.80. The molecule has 1 aliphatic rings. The van der Waals surface area contributed by atoms with Gasteiger partial charge in [-0.25, -0.2) is 4.39 Å². The average molecular weight is 286 g/mol. The largest absolute Gasteiger partial charge is 0.376 e. The van der Waals surface area contributed by atoms with Crippen LogP contribution in [0, 0.1) is 5.82 Å². The maximum absolute atomic E-state index is 14.1. The number of benzene rings is 1. The van der Waals surface area contributed by atoms with E-state index in [-0.39, 0.29) is 11.9 Å². The fourth-order valence-electron chi connectivity index (χ4n) is 2.58. The number of piperidine rings is 1. The third-order valence-corrected chi connectivity index (χ3v) is 3.75. The van der Waals surface area contributed by atoms with Gasteiger partial charge in [-0.15, -0.1) is 11.6 Å². The molecule has 1 saturated heterocycles. The van der Waals surface area contributed by atoms with E-state index in [0.29, 0.717) is 11.6 Å². The molecular weight excluding hydrogens is 265 g/mol. The minimum atomic E-state index is -0.186. The van der Waals surface area contributed by atoms with Crippen LogP contribution in [0.15, 0.2) is 18.2 Å². The summed E-state index contributed by atoms with van der Waals surface area (Å²) in [6, 6.07) is 5.11. The molecule has 1 aromatic rings. The highest BCUT2D eigenvalue weighted by Crippen LogP contribution is 2.29. The van der Waals surface area contributed by atoms with E-state index in [1.165, 1.54) is 6.07 Å². The van der Waals surface area contributed by atoms with Gasteiger partial charge in [0.05, 0.1) is 11.8 Å². The van der Waals surface area contributed by atoms with Gasteiger partial charge in [0.2, 0.25) is 0 Å². The molecule has 1 unspecified atom stereocenters. The quantitative estimate of drug-likeness (QED) is 0.759. The van der Waals surface area contributed by atoms with Crippen molar-refractivity contribution in [3.63, 3.8) is 0 Å². The second kappa shape index (κ2) is 7.11. The van der Waals surface area contributed by atoms with Gasteiger partial charge in [0.15, 0.2) is 0 Å². The third kappa shape index (κ3) is 3.61. The zero-order valence-corrected chi connectivity index (χ0v) is 12.1. The minimum absolute atomic E-state index is 0.186. The Bertz CT molecular complexity index is 413. The molecule has 106 valence electrons. The summed E-state index contributed by atoms with van der Waals surface area (Å²) >= 11 is 5.92. The molecule has 1 aliphatic heterocycles. The summed E-state index contributed by atoms with van der Waals surface area (Å²) in [6.45, 7) is 4.50. The lowest BCUT2D eigenvalue weighted by Crippen LogP contribution is -2.40. The van der Waals surface area contributed by atoms with Gasteiger partial charge in [-0.1, -0.05) is 19.1 Å². The van der Waals surface area contributed by atoms with Gasteiger partial charge in [0, 0.05) is 25.6 Å². The predicted octanol–water partition coefficient (Wildman–Crippen LogP) is 3.96. The molecule has 1 heterocycles. The number of nitrogens with zero attached hydrogens (tertiary/aromatic N) is 1. The Balaban J connectivity index is 2.12. The van der Waals surface area contributed by atoms with Crippen molar-refractivity contribution in [1.82, 2.24) is 0 Å². The molecule has 1 aromatic carbocycles. The molecule has 0 aliphatic carbocycles. The summed E-state index contributed by atoms with van der Waals surface area (Å²) in [4.78, 5) is 2.08. The molecule has 1 atom stereocenters. The third-order valence-electron chi connectivity index (χ3n) is 3.47.